The van der Waals surface area contributed by atoms with Gasteiger partial charge in [0.2, 0.25) is 5.91 Å². The standard InChI is InChI=1S/C24H26ClN3O4/c1-15-19(16(2)32-27-15)14-31-22-10-6-17(12-23(22)30-5)7-11-24(29)26-18-8-9-21(28(3)4)20(25)13-18/h6-13H,14H2,1-5H3,(H,26,29). The third-order valence-electron chi connectivity index (χ3n) is 4.87. The number of aryl methyl sites for hydroxylation is 2. The van der Waals surface area contributed by atoms with Crippen LogP contribution in [0.2, 0.25) is 5.02 Å². The van der Waals surface area contributed by atoms with Crippen LogP contribution in [0.5, 0.6) is 11.5 Å². The third-order valence-corrected chi connectivity index (χ3v) is 5.17. The molecule has 0 fully saturated rings. The molecule has 1 heterocycles. The topological polar surface area (TPSA) is 76.8 Å². The number of carbonyl (C=O) groups excluding carboxylic acids is 1. The molecular formula is C24H26ClN3O4. The van der Waals surface area contributed by atoms with Crippen LogP contribution in [0.4, 0.5) is 11.4 Å². The number of rotatable bonds is 8. The summed E-state index contributed by atoms with van der Waals surface area (Å²) < 4.78 is 16.5. The molecule has 3 rings (SSSR count). The minimum atomic E-state index is -0.267. The summed E-state index contributed by atoms with van der Waals surface area (Å²) in [6.07, 6.45) is 3.15. The van der Waals surface area contributed by atoms with Gasteiger partial charge in [0, 0.05) is 25.9 Å². The molecule has 3 aromatic rings. The number of methoxy groups -OCH3 is 1. The molecule has 0 aliphatic heterocycles. The van der Waals surface area contributed by atoms with Gasteiger partial charge in [-0.15, -0.1) is 0 Å². The molecule has 8 heteroatoms. The number of ether oxygens (including phenoxy) is 2. The molecule has 32 heavy (non-hydrogen) atoms. The summed E-state index contributed by atoms with van der Waals surface area (Å²) in [4.78, 5) is 14.2. The summed E-state index contributed by atoms with van der Waals surface area (Å²) in [5, 5.41) is 7.30. The fourth-order valence-corrected chi connectivity index (χ4v) is 3.42. The van der Waals surface area contributed by atoms with Gasteiger partial charge in [-0.1, -0.05) is 22.8 Å². The van der Waals surface area contributed by atoms with Gasteiger partial charge in [0.25, 0.3) is 0 Å². The van der Waals surface area contributed by atoms with Gasteiger partial charge >= 0.3 is 0 Å². The Bertz CT molecular complexity index is 1120. The molecule has 0 saturated heterocycles. The number of aromatic nitrogens is 1. The van der Waals surface area contributed by atoms with E-state index in [2.05, 4.69) is 10.5 Å². The van der Waals surface area contributed by atoms with Gasteiger partial charge in [-0.25, -0.2) is 0 Å². The summed E-state index contributed by atoms with van der Waals surface area (Å²) in [7, 11) is 5.38. The van der Waals surface area contributed by atoms with E-state index in [1.165, 1.54) is 6.08 Å². The van der Waals surface area contributed by atoms with Crippen molar-refractivity contribution in [1.29, 1.82) is 0 Å². The molecule has 0 radical (unpaired) electrons. The number of nitrogens with one attached hydrogen (secondary N) is 1. The molecule has 0 aliphatic carbocycles. The lowest BCUT2D eigenvalue weighted by atomic mass is 10.1. The molecule has 0 unspecified atom stereocenters. The molecule has 2 aromatic carbocycles. The molecule has 0 spiro atoms. The van der Waals surface area contributed by atoms with Gasteiger partial charge in [-0.2, -0.15) is 0 Å². The van der Waals surface area contributed by atoms with E-state index in [4.69, 9.17) is 25.6 Å². The van der Waals surface area contributed by atoms with Crippen LogP contribution in [-0.4, -0.2) is 32.3 Å². The van der Waals surface area contributed by atoms with Crippen LogP contribution in [0.15, 0.2) is 47.0 Å². The first-order valence-electron chi connectivity index (χ1n) is 9.97. The lowest BCUT2D eigenvalue weighted by Gasteiger charge is -2.15. The highest BCUT2D eigenvalue weighted by molar-refractivity contribution is 6.33. The molecule has 0 atom stereocenters. The lowest BCUT2D eigenvalue weighted by molar-refractivity contribution is -0.111. The molecule has 168 valence electrons. The van der Waals surface area contributed by atoms with Crippen molar-refractivity contribution in [3.05, 3.63) is 70.1 Å². The quantitative estimate of drug-likeness (QED) is 0.467. The molecule has 1 aromatic heterocycles. The van der Waals surface area contributed by atoms with Crippen molar-refractivity contribution in [2.75, 3.05) is 31.4 Å². The first-order chi connectivity index (χ1) is 15.3. The predicted molar refractivity (Wildman–Crippen MR) is 127 cm³/mol. The molecule has 0 aliphatic rings. The van der Waals surface area contributed by atoms with E-state index in [-0.39, 0.29) is 5.91 Å². The number of carbonyl (C=O) groups is 1. The average molecular weight is 456 g/mol. The van der Waals surface area contributed by atoms with Gasteiger partial charge in [0.15, 0.2) is 11.5 Å². The summed E-state index contributed by atoms with van der Waals surface area (Å²) in [5.74, 6) is 1.61. The van der Waals surface area contributed by atoms with Gasteiger partial charge in [-0.05, 0) is 55.8 Å². The van der Waals surface area contributed by atoms with Crippen LogP contribution in [0, 0.1) is 13.8 Å². The molecule has 0 saturated carbocycles. The SMILES string of the molecule is COc1cc(C=CC(=O)Nc2ccc(N(C)C)c(Cl)c2)ccc1OCc1c(C)noc1C. The smallest absolute Gasteiger partial charge is 0.248 e. The van der Waals surface area contributed by atoms with Crippen molar-refractivity contribution in [1.82, 2.24) is 5.16 Å². The number of nitrogens with zero attached hydrogens (tertiary/aromatic N) is 2. The minimum Gasteiger partial charge on any atom is -0.493 e. The van der Waals surface area contributed by atoms with Crippen LogP contribution in [0.1, 0.15) is 22.6 Å². The predicted octanol–water partition coefficient (Wildman–Crippen LogP) is 5.25. The summed E-state index contributed by atoms with van der Waals surface area (Å²) in [6, 6.07) is 10.8. The number of anilines is 2. The van der Waals surface area contributed by atoms with Gasteiger partial charge in [-0.3, -0.25) is 4.79 Å². The third kappa shape index (κ3) is 5.62. The molecule has 0 bridgehead atoms. The summed E-state index contributed by atoms with van der Waals surface area (Å²) in [5.41, 5.74) is 4.00. The summed E-state index contributed by atoms with van der Waals surface area (Å²) >= 11 is 6.26. The molecule has 1 N–H and O–H groups in total. The van der Waals surface area contributed by atoms with Crippen LogP contribution < -0.4 is 19.7 Å². The van der Waals surface area contributed by atoms with Crippen molar-refractivity contribution in [3.8, 4) is 11.5 Å². The highest BCUT2D eigenvalue weighted by Crippen LogP contribution is 2.30. The van der Waals surface area contributed by atoms with Crippen molar-refractivity contribution in [2.24, 2.45) is 0 Å². The molecule has 7 nitrogen and oxygen atoms in total. The van der Waals surface area contributed by atoms with Crippen LogP contribution in [0.3, 0.4) is 0 Å². The highest BCUT2D eigenvalue weighted by Gasteiger charge is 2.12. The Morgan fingerprint density at radius 1 is 1.19 bits per heavy atom. The van der Waals surface area contributed by atoms with Crippen LogP contribution in [0.25, 0.3) is 6.08 Å². The van der Waals surface area contributed by atoms with Crippen LogP contribution in [-0.2, 0) is 11.4 Å². The maximum atomic E-state index is 12.3. The minimum absolute atomic E-state index is 0.267. The van der Waals surface area contributed by atoms with Gasteiger partial charge < -0.3 is 24.2 Å². The Balaban J connectivity index is 1.65. The number of hydrogen-bond acceptors (Lipinski definition) is 6. The van der Waals surface area contributed by atoms with E-state index >= 15 is 0 Å². The van der Waals surface area contributed by atoms with E-state index in [0.29, 0.717) is 28.8 Å². The fourth-order valence-electron chi connectivity index (χ4n) is 3.07. The van der Waals surface area contributed by atoms with Crippen molar-refractivity contribution in [2.45, 2.75) is 20.5 Å². The average Bonchev–Trinajstić information content (AvgIpc) is 3.08. The largest absolute Gasteiger partial charge is 0.493 e. The second kappa shape index (κ2) is 10.2. The number of amides is 1. The number of hydrogen-bond donors (Lipinski definition) is 1. The zero-order valence-corrected chi connectivity index (χ0v) is 19.5. The fraction of sp³-hybridized carbons (Fsp3) is 0.250. The van der Waals surface area contributed by atoms with E-state index < -0.39 is 0 Å². The van der Waals surface area contributed by atoms with Crippen molar-refractivity contribution < 1.29 is 18.8 Å². The normalized spacial score (nSPS) is 10.9. The Hall–Kier alpha value is -3.45. The second-order valence-electron chi connectivity index (χ2n) is 7.38. The molecular weight excluding hydrogens is 430 g/mol. The van der Waals surface area contributed by atoms with E-state index in [0.717, 1.165) is 28.3 Å². The van der Waals surface area contributed by atoms with Crippen LogP contribution >= 0.6 is 11.6 Å². The Morgan fingerprint density at radius 3 is 2.59 bits per heavy atom. The van der Waals surface area contributed by atoms with Crippen molar-refractivity contribution in [3.63, 3.8) is 0 Å². The van der Waals surface area contributed by atoms with E-state index in [1.807, 2.05) is 45.0 Å². The number of benzene rings is 2. The Morgan fingerprint density at radius 2 is 1.97 bits per heavy atom. The van der Waals surface area contributed by atoms with E-state index in [1.54, 1.807) is 37.5 Å². The lowest BCUT2D eigenvalue weighted by Crippen LogP contribution is -2.11. The zero-order chi connectivity index (χ0) is 23.3. The summed E-state index contributed by atoms with van der Waals surface area (Å²) in [6.45, 7) is 4.04. The highest BCUT2D eigenvalue weighted by atomic mass is 35.5. The number of halogens is 1. The zero-order valence-electron chi connectivity index (χ0n) is 18.7. The first-order valence-corrected chi connectivity index (χ1v) is 10.3. The van der Waals surface area contributed by atoms with E-state index in [9.17, 15) is 4.79 Å². The van der Waals surface area contributed by atoms with Gasteiger partial charge in [0.1, 0.15) is 12.4 Å². The second-order valence-corrected chi connectivity index (χ2v) is 7.79. The Kier molecular flexibility index (Phi) is 7.43. The maximum absolute atomic E-state index is 12.3. The maximum Gasteiger partial charge on any atom is 0.248 e. The van der Waals surface area contributed by atoms with Crippen molar-refractivity contribution >= 4 is 35.0 Å². The van der Waals surface area contributed by atoms with Gasteiger partial charge in [0.05, 0.1) is 29.1 Å². The first kappa shape index (κ1) is 23.2. The molecule has 1 amide bonds. The Labute approximate surface area is 192 Å². The monoisotopic (exact) mass is 455 g/mol.